The lowest BCUT2D eigenvalue weighted by molar-refractivity contribution is -0.120. The lowest BCUT2D eigenvalue weighted by Gasteiger charge is -2.25. The van der Waals surface area contributed by atoms with Gasteiger partial charge < -0.3 is 24.5 Å². The summed E-state index contributed by atoms with van der Waals surface area (Å²) in [5, 5.41) is 12.0. The Balaban J connectivity index is 2.00. The summed E-state index contributed by atoms with van der Waals surface area (Å²) in [5.41, 5.74) is 0.771. The predicted octanol–water partition coefficient (Wildman–Crippen LogP) is 1.40. The molecule has 0 spiro atoms. The minimum atomic E-state index is -0.157. The summed E-state index contributed by atoms with van der Waals surface area (Å²) in [4.78, 5) is 13.9. The molecule has 2 N–H and O–H groups in total. The molecule has 118 valence electrons. The number of nitrogens with zero attached hydrogens (tertiary/aromatic N) is 1. The van der Waals surface area contributed by atoms with Gasteiger partial charge in [0.1, 0.15) is 11.5 Å². The van der Waals surface area contributed by atoms with Crippen LogP contribution in [0.25, 0.3) is 0 Å². The van der Waals surface area contributed by atoms with E-state index in [0.717, 1.165) is 5.69 Å². The first kappa shape index (κ1) is 15.9. The fourth-order valence-electron chi connectivity index (χ4n) is 2.12. The van der Waals surface area contributed by atoms with E-state index in [0.29, 0.717) is 24.6 Å². The van der Waals surface area contributed by atoms with E-state index in [2.05, 4.69) is 5.32 Å². The highest BCUT2D eigenvalue weighted by atomic mass is 16.5. The first-order valence-electron chi connectivity index (χ1n) is 7.02. The summed E-state index contributed by atoms with van der Waals surface area (Å²) in [7, 11) is 1.58. The fraction of sp³-hybridized carbons (Fsp3) is 0.312. The Hall–Kier alpha value is -2.47. The molecule has 6 heteroatoms. The van der Waals surface area contributed by atoms with Crippen molar-refractivity contribution in [3.8, 4) is 5.75 Å². The number of anilines is 1. The molecule has 0 aliphatic heterocycles. The second-order valence-corrected chi connectivity index (χ2v) is 4.67. The van der Waals surface area contributed by atoms with E-state index in [1.807, 2.05) is 24.3 Å². The van der Waals surface area contributed by atoms with E-state index < -0.39 is 0 Å². The molecule has 0 unspecified atom stereocenters. The summed E-state index contributed by atoms with van der Waals surface area (Å²) >= 11 is 0. The first-order chi connectivity index (χ1) is 10.7. The first-order valence-corrected chi connectivity index (χ1v) is 7.02. The third kappa shape index (κ3) is 4.26. The molecule has 6 nitrogen and oxygen atoms in total. The maximum atomic E-state index is 12.1. The molecule has 1 heterocycles. The number of hydrogen-bond acceptors (Lipinski definition) is 5. The van der Waals surface area contributed by atoms with Crippen molar-refractivity contribution in [2.24, 2.45) is 0 Å². The van der Waals surface area contributed by atoms with Crippen LogP contribution in [-0.2, 0) is 11.3 Å². The van der Waals surface area contributed by atoms with Gasteiger partial charge in [-0.25, -0.2) is 0 Å². The van der Waals surface area contributed by atoms with Gasteiger partial charge in [0.25, 0.3) is 0 Å². The topological polar surface area (TPSA) is 74.9 Å². The molecule has 1 aromatic carbocycles. The highest BCUT2D eigenvalue weighted by Gasteiger charge is 2.15. The number of para-hydroxylation sites is 2. The van der Waals surface area contributed by atoms with Crippen molar-refractivity contribution in [2.45, 2.75) is 6.54 Å². The number of carbonyl (C=O) groups excluding carboxylic acids is 1. The Morgan fingerprint density at radius 3 is 2.82 bits per heavy atom. The largest absolute Gasteiger partial charge is 0.495 e. The van der Waals surface area contributed by atoms with Crippen molar-refractivity contribution >= 4 is 11.6 Å². The SMILES string of the molecule is COc1ccccc1N(CCO)CC(=O)NCc1ccco1. The zero-order chi connectivity index (χ0) is 15.8. The van der Waals surface area contributed by atoms with Gasteiger partial charge in [-0.05, 0) is 24.3 Å². The van der Waals surface area contributed by atoms with Crippen LogP contribution in [0.4, 0.5) is 5.69 Å². The molecule has 22 heavy (non-hydrogen) atoms. The molecule has 0 radical (unpaired) electrons. The molecule has 0 bridgehead atoms. The van der Waals surface area contributed by atoms with Crippen molar-refractivity contribution in [2.75, 3.05) is 31.7 Å². The lowest BCUT2D eigenvalue weighted by atomic mass is 10.2. The van der Waals surface area contributed by atoms with Crippen molar-refractivity contribution < 1.29 is 19.1 Å². The van der Waals surface area contributed by atoms with E-state index in [-0.39, 0.29) is 19.1 Å². The zero-order valence-corrected chi connectivity index (χ0v) is 12.5. The molecular weight excluding hydrogens is 284 g/mol. The summed E-state index contributed by atoms with van der Waals surface area (Å²) in [6, 6.07) is 11.0. The number of nitrogens with one attached hydrogen (secondary N) is 1. The normalized spacial score (nSPS) is 10.3. The van der Waals surface area contributed by atoms with Gasteiger partial charge in [0, 0.05) is 6.54 Å². The molecule has 0 atom stereocenters. The van der Waals surface area contributed by atoms with Gasteiger partial charge in [0.15, 0.2) is 0 Å². The van der Waals surface area contributed by atoms with E-state index in [9.17, 15) is 9.90 Å². The monoisotopic (exact) mass is 304 g/mol. The molecule has 1 amide bonds. The van der Waals surface area contributed by atoms with E-state index in [1.165, 1.54) is 0 Å². The van der Waals surface area contributed by atoms with Crippen LogP contribution in [0.15, 0.2) is 47.1 Å². The number of furan rings is 1. The smallest absolute Gasteiger partial charge is 0.239 e. The van der Waals surface area contributed by atoms with Crippen LogP contribution in [-0.4, -0.2) is 37.8 Å². The Morgan fingerprint density at radius 1 is 1.32 bits per heavy atom. The van der Waals surface area contributed by atoms with Crippen LogP contribution in [0.3, 0.4) is 0 Å². The van der Waals surface area contributed by atoms with Crippen molar-refractivity contribution in [3.63, 3.8) is 0 Å². The van der Waals surface area contributed by atoms with Gasteiger partial charge in [-0.1, -0.05) is 12.1 Å². The Bertz CT molecular complexity index is 584. The Labute approximate surface area is 129 Å². The van der Waals surface area contributed by atoms with Gasteiger partial charge in [0.2, 0.25) is 5.91 Å². The molecule has 0 fully saturated rings. The average molecular weight is 304 g/mol. The summed E-state index contributed by atoms with van der Waals surface area (Å²) < 4.78 is 10.5. The van der Waals surface area contributed by atoms with Crippen molar-refractivity contribution in [3.05, 3.63) is 48.4 Å². The molecule has 1 aromatic heterocycles. The molecule has 0 aliphatic carbocycles. The van der Waals surface area contributed by atoms with Gasteiger partial charge in [-0.15, -0.1) is 0 Å². The van der Waals surface area contributed by atoms with Gasteiger partial charge >= 0.3 is 0 Å². The molecule has 0 saturated carbocycles. The number of carbonyl (C=O) groups is 1. The number of methoxy groups -OCH3 is 1. The maximum Gasteiger partial charge on any atom is 0.239 e. The van der Waals surface area contributed by atoms with Crippen LogP contribution in [0, 0.1) is 0 Å². The van der Waals surface area contributed by atoms with E-state index in [1.54, 1.807) is 30.4 Å². The second kappa shape index (κ2) is 8.09. The second-order valence-electron chi connectivity index (χ2n) is 4.67. The number of rotatable bonds is 8. The van der Waals surface area contributed by atoms with Gasteiger partial charge in [-0.3, -0.25) is 4.79 Å². The van der Waals surface area contributed by atoms with E-state index >= 15 is 0 Å². The minimum Gasteiger partial charge on any atom is -0.495 e. The zero-order valence-electron chi connectivity index (χ0n) is 12.5. The van der Waals surface area contributed by atoms with Crippen molar-refractivity contribution in [1.82, 2.24) is 5.32 Å². The average Bonchev–Trinajstić information content (AvgIpc) is 3.06. The standard InChI is InChI=1S/C16H20N2O4/c1-21-15-7-3-2-6-14(15)18(8-9-19)12-16(20)17-11-13-5-4-10-22-13/h2-7,10,19H,8-9,11-12H2,1H3,(H,17,20). The highest BCUT2D eigenvalue weighted by molar-refractivity contribution is 5.82. The van der Waals surface area contributed by atoms with Crippen LogP contribution in [0.1, 0.15) is 5.76 Å². The predicted molar refractivity (Wildman–Crippen MR) is 82.8 cm³/mol. The van der Waals surface area contributed by atoms with Gasteiger partial charge in [0.05, 0.1) is 38.8 Å². The molecule has 0 saturated heterocycles. The summed E-state index contributed by atoms with van der Waals surface area (Å²) in [6.07, 6.45) is 1.56. The van der Waals surface area contributed by atoms with E-state index in [4.69, 9.17) is 9.15 Å². The number of hydrogen-bond donors (Lipinski definition) is 2. The van der Waals surface area contributed by atoms with Crippen molar-refractivity contribution in [1.29, 1.82) is 0 Å². The third-order valence-electron chi connectivity index (χ3n) is 3.17. The quantitative estimate of drug-likeness (QED) is 0.771. The van der Waals surface area contributed by atoms with Crippen LogP contribution in [0.5, 0.6) is 5.75 Å². The number of aliphatic hydroxyl groups excluding tert-OH is 1. The maximum absolute atomic E-state index is 12.1. The van der Waals surface area contributed by atoms with Crippen LogP contribution >= 0.6 is 0 Å². The summed E-state index contributed by atoms with van der Waals surface area (Å²) in [5.74, 6) is 1.20. The molecule has 2 rings (SSSR count). The molecule has 0 aliphatic rings. The molecular formula is C16H20N2O4. The number of aliphatic hydroxyl groups is 1. The highest BCUT2D eigenvalue weighted by Crippen LogP contribution is 2.27. The third-order valence-corrected chi connectivity index (χ3v) is 3.17. The Morgan fingerprint density at radius 2 is 2.14 bits per heavy atom. The number of ether oxygens (including phenoxy) is 1. The summed E-state index contributed by atoms with van der Waals surface area (Å²) in [6.45, 7) is 0.754. The minimum absolute atomic E-state index is 0.0521. The fourth-order valence-corrected chi connectivity index (χ4v) is 2.12. The van der Waals surface area contributed by atoms with Crippen LogP contribution < -0.4 is 15.0 Å². The Kier molecular flexibility index (Phi) is 5.85. The van der Waals surface area contributed by atoms with Crippen LogP contribution in [0.2, 0.25) is 0 Å². The number of benzene rings is 1. The molecule has 2 aromatic rings. The van der Waals surface area contributed by atoms with Gasteiger partial charge in [-0.2, -0.15) is 0 Å². The lowest BCUT2D eigenvalue weighted by Crippen LogP contribution is -2.38. The number of amides is 1.